The maximum atomic E-state index is 10.7. The molecule has 5 rings (SSSR count). The minimum Gasteiger partial charge on any atom is -1.00 e. The van der Waals surface area contributed by atoms with Gasteiger partial charge in [-0.05, 0) is 97.7 Å². The minimum absolute atomic E-state index is 0. The molecule has 0 radical (unpaired) electrons. The molecule has 1 atom stereocenters. The third-order valence-electron chi connectivity index (χ3n) is 6.99. The largest absolute Gasteiger partial charge is 2.00 e. The molecule has 42 heavy (non-hydrogen) atoms. The number of pyridine rings is 1. The predicted octanol–water partition coefficient (Wildman–Crippen LogP) is 9.04. The summed E-state index contributed by atoms with van der Waals surface area (Å²) in [6.45, 7) is 4.83. The van der Waals surface area contributed by atoms with E-state index in [0.717, 1.165) is 47.8 Å². The van der Waals surface area contributed by atoms with Gasteiger partial charge in [0.25, 0.3) is 5.97 Å². The topological polar surface area (TPSA) is 70.4 Å². The van der Waals surface area contributed by atoms with Gasteiger partial charge in [0.1, 0.15) is 0 Å². The maximum absolute atomic E-state index is 10.7. The third-order valence-corrected chi connectivity index (χ3v) is 8.80. The summed E-state index contributed by atoms with van der Waals surface area (Å²) in [6.07, 6.45) is 8.96. The van der Waals surface area contributed by atoms with E-state index in [1.54, 1.807) is 0 Å². The number of fused-ring (bicyclic) bond motifs is 1. The molecule has 2 N–H and O–H groups in total. The predicted molar refractivity (Wildman–Crippen MR) is 181 cm³/mol. The number of aryl methyl sites for hydroxylation is 1. The first-order chi connectivity index (χ1) is 19.6. The molecule has 0 spiro atoms. The average molecular weight is 615 g/mol. The molecule has 0 saturated heterocycles. The Labute approximate surface area is 277 Å². The van der Waals surface area contributed by atoms with Crippen molar-refractivity contribution in [2.45, 2.75) is 57.3 Å². The van der Waals surface area contributed by atoms with Gasteiger partial charge in [0.15, 0.2) is 0 Å². The Morgan fingerprint density at radius 1 is 1.07 bits per heavy atom. The van der Waals surface area contributed by atoms with E-state index in [2.05, 4.69) is 72.4 Å². The van der Waals surface area contributed by atoms with Crippen LogP contribution >= 0.6 is 23.4 Å². The number of nitrogens with zero attached hydrogens (tertiary/aromatic N) is 1. The number of rotatable bonds is 10. The summed E-state index contributed by atoms with van der Waals surface area (Å²) >= 11 is 8.26. The van der Waals surface area contributed by atoms with Crippen LogP contribution in [0.1, 0.15) is 76.1 Å². The van der Waals surface area contributed by atoms with E-state index >= 15 is 0 Å². The molecular weight excluding hydrogens is 574 g/mol. The van der Waals surface area contributed by atoms with Gasteiger partial charge >= 0.3 is 23.1 Å². The summed E-state index contributed by atoms with van der Waals surface area (Å²) in [5.74, 6) is 1.27. The molecule has 4 aromatic rings. The number of aliphatic carboxylic acids is 1. The monoisotopic (exact) mass is 613 g/mol. The van der Waals surface area contributed by atoms with E-state index in [0.29, 0.717) is 10.3 Å². The van der Waals surface area contributed by atoms with E-state index in [-0.39, 0.29) is 25.9 Å². The fourth-order valence-corrected chi connectivity index (χ4v) is 6.38. The van der Waals surface area contributed by atoms with Crippen LogP contribution in [0, 0.1) is 5.92 Å². The molecule has 1 saturated carbocycles. The van der Waals surface area contributed by atoms with Crippen molar-refractivity contribution in [1.82, 2.24) is 4.98 Å². The summed E-state index contributed by atoms with van der Waals surface area (Å²) in [6, 6.07) is 27.2. The number of aromatic nitrogens is 1. The van der Waals surface area contributed by atoms with Gasteiger partial charge in [-0.15, -0.1) is 0 Å². The Balaban J connectivity index is 0.00000131. The second-order valence-corrected chi connectivity index (χ2v) is 12.8. The Morgan fingerprint density at radius 3 is 2.50 bits per heavy atom. The standard InChI is InChI=1S/C33H34ClNOS.C2H4O2.Mg.2H/c1-33(2,36)30-9-4-3-7-25(30)15-19-32(37-22-24-10-11-24)27-8-5-6-23(20-27)12-17-29-18-14-26-13-16-28(34)21-31(26)35-29;1-2(3)4;;;/h3-9,12-14,16-18,20-21,24,32,36H,10-11,15,19,22H2,1-2H3;1H3,(H,3,4);;;/q;;+2;2*-1/b17-12+;;;;. The summed E-state index contributed by atoms with van der Waals surface area (Å²) in [5, 5.41) is 20.3. The first-order valence-electron chi connectivity index (χ1n) is 14.0. The van der Waals surface area contributed by atoms with Crippen molar-refractivity contribution in [3.05, 3.63) is 112 Å². The van der Waals surface area contributed by atoms with E-state index in [4.69, 9.17) is 26.5 Å². The molecule has 1 unspecified atom stereocenters. The van der Waals surface area contributed by atoms with Crippen LogP contribution < -0.4 is 0 Å². The normalized spacial score (nSPS) is 13.7. The summed E-state index contributed by atoms with van der Waals surface area (Å²) in [5.41, 5.74) is 5.81. The van der Waals surface area contributed by atoms with Crippen LogP contribution in [-0.4, -0.2) is 50.0 Å². The number of hydrogen-bond acceptors (Lipinski definition) is 4. The molecule has 0 amide bonds. The fraction of sp³-hybridized carbons (Fsp3) is 0.314. The van der Waals surface area contributed by atoms with Crippen LogP contribution in [0.3, 0.4) is 0 Å². The number of halogens is 1. The first-order valence-corrected chi connectivity index (χ1v) is 15.5. The quantitative estimate of drug-likeness (QED) is 0.175. The van der Waals surface area contributed by atoms with Crippen LogP contribution in [-0.2, 0) is 16.8 Å². The SMILES string of the molecule is CC(=O)O.CC(C)(O)c1ccccc1CCC(SCC1CC1)c1cccc(/C=C/c2ccc3ccc(Cl)cc3n2)c1.[H-].[H-].[Mg+2]. The molecule has 218 valence electrons. The van der Waals surface area contributed by atoms with Crippen LogP contribution in [0.4, 0.5) is 0 Å². The second-order valence-electron chi connectivity index (χ2n) is 11.1. The first kappa shape index (κ1) is 34.1. The second kappa shape index (κ2) is 15.9. The van der Waals surface area contributed by atoms with Crippen molar-refractivity contribution in [3.8, 4) is 0 Å². The molecular formula is C35H40ClMgNO3S. The number of carboxylic acids is 1. The van der Waals surface area contributed by atoms with Crippen molar-refractivity contribution in [3.63, 3.8) is 0 Å². The van der Waals surface area contributed by atoms with Crippen LogP contribution in [0.5, 0.6) is 0 Å². The molecule has 0 aliphatic heterocycles. The number of thioether (sulfide) groups is 1. The van der Waals surface area contributed by atoms with E-state index in [1.165, 1.54) is 35.3 Å². The summed E-state index contributed by atoms with van der Waals surface area (Å²) in [4.78, 5) is 13.8. The third kappa shape index (κ3) is 10.7. The van der Waals surface area contributed by atoms with E-state index in [1.807, 2.05) is 44.2 Å². The van der Waals surface area contributed by atoms with Gasteiger partial charge in [0.05, 0.1) is 16.8 Å². The average Bonchev–Trinajstić information content (AvgIpc) is 3.76. The molecule has 4 nitrogen and oxygen atoms in total. The zero-order chi connectivity index (χ0) is 29.4. The molecule has 3 aromatic carbocycles. The van der Waals surface area contributed by atoms with Crippen molar-refractivity contribution < 1.29 is 17.9 Å². The summed E-state index contributed by atoms with van der Waals surface area (Å²) in [7, 11) is 0. The Hall–Kier alpha value is -2.35. The number of aliphatic hydroxyl groups is 1. The van der Waals surface area contributed by atoms with Crippen LogP contribution in [0.2, 0.25) is 5.02 Å². The molecule has 7 heteroatoms. The van der Waals surface area contributed by atoms with Gasteiger partial charge in [0.2, 0.25) is 0 Å². The number of benzene rings is 3. The van der Waals surface area contributed by atoms with Gasteiger partial charge in [-0.25, -0.2) is 4.98 Å². The molecule has 1 aliphatic carbocycles. The number of carboxylic acid groups (broad SMARTS) is 1. The zero-order valence-corrected chi connectivity index (χ0v) is 27.6. The molecule has 1 fully saturated rings. The maximum Gasteiger partial charge on any atom is 2.00 e. The molecule has 1 heterocycles. The van der Waals surface area contributed by atoms with Gasteiger partial charge < -0.3 is 13.1 Å². The van der Waals surface area contributed by atoms with Crippen LogP contribution in [0.15, 0.2) is 78.9 Å². The van der Waals surface area contributed by atoms with Crippen LogP contribution in [0.25, 0.3) is 23.1 Å². The molecule has 1 aliphatic rings. The number of hydrogen-bond donors (Lipinski definition) is 2. The Bertz CT molecular complexity index is 1520. The van der Waals surface area contributed by atoms with Crippen molar-refractivity contribution in [2.24, 2.45) is 5.92 Å². The van der Waals surface area contributed by atoms with Crippen molar-refractivity contribution >= 4 is 75.4 Å². The Kier molecular flexibility index (Phi) is 12.9. The van der Waals surface area contributed by atoms with E-state index in [9.17, 15) is 5.11 Å². The zero-order valence-electron chi connectivity index (χ0n) is 26.6. The molecule has 1 aromatic heterocycles. The van der Waals surface area contributed by atoms with E-state index < -0.39 is 11.6 Å². The minimum atomic E-state index is -0.833. The Morgan fingerprint density at radius 2 is 1.79 bits per heavy atom. The van der Waals surface area contributed by atoms with Gasteiger partial charge in [-0.2, -0.15) is 11.8 Å². The van der Waals surface area contributed by atoms with Crippen molar-refractivity contribution in [1.29, 1.82) is 0 Å². The van der Waals surface area contributed by atoms with Gasteiger partial charge in [-0.3, -0.25) is 4.79 Å². The number of carbonyl (C=O) groups is 1. The van der Waals surface area contributed by atoms with Gasteiger partial charge in [0, 0.05) is 22.6 Å². The fourth-order valence-electron chi connectivity index (χ4n) is 4.75. The smallest absolute Gasteiger partial charge is 1.00 e. The van der Waals surface area contributed by atoms with Crippen molar-refractivity contribution in [2.75, 3.05) is 5.75 Å². The summed E-state index contributed by atoms with van der Waals surface area (Å²) < 4.78 is 0. The van der Waals surface area contributed by atoms with Gasteiger partial charge in [-0.1, -0.05) is 78.3 Å². The molecule has 0 bridgehead atoms.